The molecule has 1 aliphatic rings. The minimum Gasteiger partial charge on any atom is -0.338 e. The quantitative estimate of drug-likeness (QED) is 0.779. The summed E-state index contributed by atoms with van der Waals surface area (Å²) in [5.74, 6) is 0.655. The number of nitrogens with zero attached hydrogens (tertiary/aromatic N) is 1. The molecule has 0 aromatic heterocycles. The lowest BCUT2D eigenvalue weighted by Crippen LogP contribution is -2.45. The molecule has 1 amide bonds. The van der Waals surface area contributed by atoms with Crippen LogP contribution in [0.5, 0.6) is 0 Å². The number of alkyl halides is 1. The molecule has 1 fully saturated rings. The summed E-state index contributed by atoms with van der Waals surface area (Å²) in [5, 5.41) is 0.658. The van der Waals surface area contributed by atoms with Gasteiger partial charge in [0.05, 0.1) is 6.42 Å². The van der Waals surface area contributed by atoms with Crippen molar-refractivity contribution in [2.24, 2.45) is 0 Å². The predicted octanol–water partition coefficient (Wildman–Crippen LogP) is 3.50. The first-order valence-electron chi connectivity index (χ1n) is 6.31. The highest BCUT2D eigenvalue weighted by Crippen LogP contribution is 2.21. The number of halogens is 2. The molecule has 0 saturated carbocycles. The second-order valence-electron chi connectivity index (χ2n) is 4.66. The van der Waals surface area contributed by atoms with Crippen LogP contribution in [0, 0.1) is 0 Å². The molecule has 1 saturated heterocycles. The summed E-state index contributed by atoms with van der Waals surface area (Å²) >= 11 is 12.0. The molecule has 98 valence electrons. The van der Waals surface area contributed by atoms with Crippen molar-refractivity contribution in [3.8, 4) is 0 Å². The fourth-order valence-electron chi connectivity index (χ4n) is 2.40. The lowest BCUT2D eigenvalue weighted by atomic mass is 10.0. The Kier molecular flexibility index (Phi) is 4.90. The van der Waals surface area contributed by atoms with E-state index in [0.29, 0.717) is 17.3 Å². The predicted molar refractivity (Wildman–Crippen MR) is 75.2 cm³/mol. The highest BCUT2D eigenvalue weighted by atomic mass is 35.5. The Labute approximate surface area is 118 Å². The van der Waals surface area contributed by atoms with Gasteiger partial charge in [0.15, 0.2) is 0 Å². The molecule has 1 heterocycles. The Hall–Kier alpha value is -0.730. The van der Waals surface area contributed by atoms with Crippen LogP contribution in [0.1, 0.15) is 24.8 Å². The molecular formula is C14H17Cl2NO. The van der Waals surface area contributed by atoms with E-state index in [4.69, 9.17) is 23.2 Å². The van der Waals surface area contributed by atoms with Crippen LogP contribution in [0.3, 0.4) is 0 Å². The third-order valence-electron chi connectivity index (χ3n) is 3.43. The maximum absolute atomic E-state index is 12.3. The summed E-state index contributed by atoms with van der Waals surface area (Å²) in [6.07, 6.45) is 3.61. The number of carbonyl (C=O) groups excluding carboxylic acids is 1. The second kappa shape index (κ2) is 6.44. The van der Waals surface area contributed by atoms with E-state index in [1.54, 1.807) is 0 Å². The van der Waals surface area contributed by atoms with E-state index in [0.717, 1.165) is 31.4 Å². The fraction of sp³-hybridized carbons (Fsp3) is 0.500. The van der Waals surface area contributed by atoms with Crippen LogP contribution in [0.15, 0.2) is 24.3 Å². The highest BCUT2D eigenvalue weighted by Gasteiger charge is 2.26. The SMILES string of the molecule is O=C(Cc1ccccc1Cl)N1CCCCC1CCl. The van der Waals surface area contributed by atoms with Crippen molar-refractivity contribution in [1.29, 1.82) is 0 Å². The molecule has 18 heavy (non-hydrogen) atoms. The standard InChI is InChI=1S/C14H17Cl2NO/c15-10-12-6-3-4-8-17(12)14(18)9-11-5-1-2-7-13(11)16/h1-2,5,7,12H,3-4,6,8-10H2. The molecule has 1 aromatic carbocycles. The van der Waals surface area contributed by atoms with Gasteiger partial charge in [-0.3, -0.25) is 4.79 Å². The van der Waals surface area contributed by atoms with Crippen LogP contribution in [0.4, 0.5) is 0 Å². The summed E-state index contributed by atoms with van der Waals surface area (Å²) in [5.41, 5.74) is 0.892. The number of likely N-dealkylation sites (tertiary alicyclic amines) is 1. The summed E-state index contributed by atoms with van der Waals surface area (Å²) in [4.78, 5) is 14.2. The van der Waals surface area contributed by atoms with Crippen molar-refractivity contribution < 1.29 is 4.79 Å². The lowest BCUT2D eigenvalue weighted by Gasteiger charge is -2.34. The van der Waals surface area contributed by atoms with Gasteiger partial charge in [-0.25, -0.2) is 0 Å². The van der Waals surface area contributed by atoms with Crippen LogP contribution in [0.2, 0.25) is 5.02 Å². The van der Waals surface area contributed by atoms with Crippen LogP contribution in [-0.4, -0.2) is 29.3 Å². The number of amides is 1. The van der Waals surface area contributed by atoms with Crippen LogP contribution in [0.25, 0.3) is 0 Å². The van der Waals surface area contributed by atoms with Gasteiger partial charge in [-0.15, -0.1) is 11.6 Å². The molecule has 0 bridgehead atoms. The Morgan fingerprint density at radius 2 is 2.11 bits per heavy atom. The first-order valence-corrected chi connectivity index (χ1v) is 7.22. The molecule has 2 nitrogen and oxygen atoms in total. The second-order valence-corrected chi connectivity index (χ2v) is 5.38. The van der Waals surface area contributed by atoms with Gasteiger partial charge in [-0.05, 0) is 30.9 Å². The zero-order valence-corrected chi connectivity index (χ0v) is 11.8. The number of piperidine rings is 1. The average Bonchev–Trinajstić information content (AvgIpc) is 2.41. The Morgan fingerprint density at radius 1 is 1.33 bits per heavy atom. The largest absolute Gasteiger partial charge is 0.338 e. The van der Waals surface area contributed by atoms with Crippen LogP contribution < -0.4 is 0 Å². The Bertz CT molecular complexity index is 422. The molecular weight excluding hydrogens is 269 g/mol. The Morgan fingerprint density at radius 3 is 2.83 bits per heavy atom. The van der Waals surface area contributed by atoms with Gasteiger partial charge in [0.2, 0.25) is 5.91 Å². The third-order valence-corrected chi connectivity index (χ3v) is 4.15. The van der Waals surface area contributed by atoms with E-state index in [1.807, 2.05) is 29.2 Å². The first kappa shape index (κ1) is 13.7. The number of benzene rings is 1. The summed E-state index contributed by atoms with van der Waals surface area (Å²) in [6.45, 7) is 0.820. The Balaban J connectivity index is 2.05. The van der Waals surface area contributed by atoms with E-state index < -0.39 is 0 Å². The molecule has 2 rings (SSSR count). The molecule has 1 aliphatic heterocycles. The summed E-state index contributed by atoms with van der Waals surface area (Å²) in [7, 11) is 0. The van der Waals surface area contributed by atoms with Gasteiger partial charge in [-0.2, -0.15) is 0 Å². The molecule has 0 spiro atoms. The molecule has 0 aliphatic carbocycles. The molecule has 4 heteroatoms. The zero-order chi connectivity index (χ0) is 13.0. The van der Waals surface area contributed by atoms with E-state index >= 15 is 0 Å². The maximum atomic E-state index is 12.3. The molecule has 1 unspecified atom stereocenters. The van der Waals surface area contributed by atoms with Crippen molar-refractivity contribution in [2.45, 2.75) is 31.7 Å². The number of hydrogen-bond acceptors (Lipinski definition) is 1. The van der Waals surface area contributed by atoms with E-state index in [9.17, 15) is 4.79 Å². The average molecular weight is 286 g/mol. The topological polar surface area (TPSA) is 20.3 Å². The van der Waals surface area contributed by atoms with Gasteiger partial charge in [-0.1, -0.05) is 29.8 Å². The van der Waals surface area contributed by atoms with Crippen LogP contribution in [-0.2, 0) is 11.2 Å². The summed E-state index contributed by atoms with van der Waals surface area (Å²) < 4.78 is 0. The van der Waals surface area contributed by atoms with Crippen molar-refractivity contribution in [3.63, 3.8) is 0 Å². The lowest BCUT2D eigenvalue weighted by molar-refractivity contribution is -0.133. The van der Waals surface area contributed by atoms with Crippen LogP contribution >= 0.6 is 23.2 Å². The van der Waals surface area contributed by atoms with E-state index in [-0.39, 0.29) is 11.9 Å². The third kappa shape index (κ3) is 3.18. The smallest absolute Gasteiger partial charge is 0.227 e. The van der Waals surface area contributed by atoms with Gasteiger partial charge in [0.25, 0.3) is 0 Å². The number of rotatable bonds is 3. The minimum atomic E-state index is 0.133. The van der Waals surface area contributed by atoms with Gasteiger partial charge >= 0.3 is 0 Å². The fourth-order valence-corrected chi connectivity index (χ4v) is 2.92. The van der Waals surface area contributed by atoms with Crippen molar-refractivity contribution in [2.75, 3.05) is 12.4 Å². The van der Waals surface area contributed by atoms with E-state index in [2.05, 4.69) is 0 Å². The molecule has 1 atom stereocenters. The molecule has 0 N–H and O–H groups in total. The van der Waals surface area contributed by atoms with Crippen molar-refractivity contribution in [3.05, 3.63) is 34.9 Å². The van der Waals surface area contributed by atoms with Gasteiger partial charge < -0.3 is 4.90 Å². The number of hydrogen-bond donors (Lipinski definition) is 0. The first-order chi connectivity index (χ1) is 8.72. The zero-order valence-electron chi connectivity index (χ0n) is 10.2. The van der Waals surface area contributed by atoms with E-state index in [1.165, 1.54) is 0 Å². The van der Waals surface area contributed by atoms with Crippen molar-refractivity contribution in [1.82, 2.24) is 4.90 Å². The van der Waals surface area contributed by atoms with Gasteiger partial charge in [0, 0.05) is 23.5 Å². The normalized spacial score (nSPS) is 19.9. The van der Waals surface area contributed by atoms with Gasteiger partial charge in [0.1, 0.15) is 0 Å². The molecule has 1 aromatic rings. The number of carbonyl (C=O) groups is 1. The molecule has 0 radical (unpaired) electrons. The summed E-state index contributed by atoms with van der Waals surface area (Å²) in [6, 6.07) is 7.69. The van der Waals surface area contributed by atoms with Crippen molar-refractivity contribution >= 4 is 29.1 Å². The maximum Gasteiger partial charge on any atom is 0.227 e. The minimum absolute atomic E-state index is 0.133. The monoisotopic (exact) mass is 285 g/mol. The highest BCUT2D eigenvalue weighted by molar-refractivity contribution is 6.31.